The van der Waals surface area contributed by atoms with Crippen LogP contribution in [-0.2, 0) is 14.3 Å². The van der Waals surface area contributed by atoms with Gasteiger partial charge in [0.15, 0.2) is 0 Å². The fourth-order valence-electron chi connectivity index (χ4n) is 3.31. The van der Waals surface area contributed by atoms with Crippen LogP contribution in [0.2, 0.25) is 0 Å². The summed E-state index contributed by atoms with van der Waals surface area (Å²) in [6, 6.07) is 0. The molecular formula is C21H34O5. The van der Waals surface area contributed by atoms with Gasteiger partial charge < -0.3 is 14.9 Å². The fourth-order valence-corrected chi connectivity index (χ4v) is 3.31. The van der Waals surface area contributed by atoms with E-state index in [4.69, 9.17) is 0 Å². The van der Waals surface area contributed by atoms with Gasteiger partial charge in [0.05, 0.1) is 19.3 Å². The van der Waals surface area contributed by atoms with Gasteiger partial charge in [0, 0.05) is 24.7 Å². The SMILES string of the molecule is CCCCCC(O)C=C[C@H]1C(O)CC(=O)[C@@H]1CC=CCCCC(=O)OC. The van der Waals surface area contributed by atoms with Crippen LogP contribution < -0.4 is 0 Å². The number of hydrogen-bond donors (Lipinski definition) is 2. The molecule has 1 saturated carbocycles. The normalized spacial score (nSPS) is 24.6. The summed E-state index contributed by atoms with van der Waals surface area (Å²) < 4.78 is 4.59. The summed E-state index contributed by atoms with van der Waals surface area (Å²) in [6.45, 7) is 2.12. The molecule has 26 heavy (non-hydrogen) atoms. The number of rotatable bonds is 12. The van der Waals surface area contributed by atoms with Gasteiger partial charge in [-0.25, -0.2) is 0 Å². The molecule has 0 bridgehead atoms. The minimum Gasteiger partial charge on any atom is -0.469 e. The summed E-state index contributed by atoms with van der Waals surface area (Å²) in [5.74, 6) is -0.606. The Balaban J connectivity index is 2.46. The first kappa shape index (κ1) is 22.6. The first-order valence-corrected chi connectivity index (χ1v) is 9.78. The molecule has 148 valence electrons. The lowest BCUT2D eigenvalue weighted by molar-refractivity contribution is -0.140. The van der Waals surface area contributed by atoms with Crippen molar-refractivity contribution in [3.05, 3.63) is 24.3 Å². The van der Waals surface area contributed by atoms with E-state index in [1.54, 1.807) is 6.08 Å². The predicted octanol–water partition coefficient (Wildman–Crippen LogP) is 3.34. The molecule has 0 radical (unpaired) electrons. The third-order valence-electron chi connectivity index (χ3n) is 4.93. The third-order valence-corrected chi connectivity index (χ3v) is 4.93. The second-order valence-corrected chi connectivity index (χ2v) is 7.05. The molecule has 0 amide bonds. The van der Waals surface area contributed by atoms with Gasteiger partial charge in [-0.15, -0.1) is 0 Å². The quantitative estimate of drug-likeness (QED) is 0.314. The van der Waals surface area contributed by atoms with Gasteiger partial charge >= 0.3 is 5.97 Å². The van der Waals surface area contributed by atoms with Gasteiger partial charge in [0.25, 0.3) is 0 Å². The second kappa shape index (κ2) is 12.8. The molecule has 0 saturated heterocycles. The van der Waals surface area contributed by atoms with Crippen LogP contribution in [0.25, 0.3) is 0 Å². The van der Waals surface area contributed by atoms with E-state index < -0.39 is 12.2 Å². The van der Waals surface area contributed by atoms with Gasteiger partial charge in [0.1, 0.15) is 5.78 Å². The number of methoxy groups -OCH3 is 1. The Morgan fingerprint density at radius 2 is 2.08 bits per heavy atom. The lowest BCUT2D eigenvalue weighted by Gasteiger charge is -2.16. The Hall–Kier alpha value is -1.46. The second-order valence-electron chi connectivity index (χ2n) is 7.05. The molecule has 1 fully saturated rings. The highest BCUT2D eigenvalue weighted by atomic mass is 16.5. The minimum atomic E-state index is -0.667. The molecule has 5 nitrogen and oxygen atoms in total. The van der Waals surface area contributed by atoms with Crippen LogP contribution in [0.3, 0.4) is 0 Å². The Labute approximate surface area is 157 Å². The maximum atomic E-state index is 12.1. The Morgan fingerprint density at radius 3 is 2.77 bits per heavy atom. The molecular weight excluding hydrogens is 332 g/mol. The monoisotopic (exact) mass is 366 g/mol. The number of allylic oxidation sites excluding steroid dienone is 2. The molecule has 0 aromatic rings. The highest BCUT2D eigenvalue weighted by molar-refractivity contribution is 5.84. The maximum absolute atomic E-state index is 12.1. The van der Waals surface area contributed by atoms with Crippen molar-refractivity contribution < 1.29 is 24.5 Å². The Kier molecular flexibility index (Phi) is 11.1. The van der Waals surface area contributed by atoms with E-state index in [0.29, 0.717) is 19.3 Å². The van der Waals surface area contributed by atoms with Crippen molar-refractivity contribution >= 4 is 11.8 Å². The van der Waals surface area contributed by atoms with Crippen LogP contribution in [0.4, 0.5) is 0 Å². The zero-order valence-corrected chi connectivity index (χ0v) is 16.1. The summed E-state index contributed by atoms with van der Waals surface area (Å²) in [6.07, 6.45) is 12.8. The van der Waals surface area contributed by atoms with Gasteiger partial charge in [-0.1, -0.05) is 50.5 Å². The third kappa shape index (κ3) is 8.28. The van der Waals surface area contributed by atoms with E-state index in [1.165, 1.54) is 7.11 Å². The van der Waals surface area contributed by atoms with Crippen LogP contribution in [0, 0.1) is 11.8 Å². The van der Waals surface area contributed by atoms with Crippen LogP contribution in [-0.4, -0.2) is 41.3 Å². The molecule has 0 aliphatic heterocycles. The number of ether oxygens (including phenoxy) is 1. The van der Waals surface area contributed by atoms with Crippen molar-refractivity contribution in [2.75, 3.05) is 7.11 Å². The number of Topliss-reactive ketones (excluding diaryl/α,β-unsaturated/α-hetero) is 1. The lowest BCUT2D eigenvalue weighted by Crippen LogP contribution is -2.18. The lowest BCUT2D eigenvalue weighted by atomic mass is 9.90. The van der Waals surface area contributed by atoms with Crippen LogP contribution in [0.15, 0.2) is 24.3 Å². The first-order valence-electron chi connectivity index (χ1n) is 9.78. The fraction of sp³-hybridized carbons (Fsp3) is 0.714. The average Bonchev–Trinajstić information content (AvgIpc) is 2.89. The zero-order valence-electron chi connectivity index (χ0n) is 16.1. The molecule has 0 spiro atoms. The molecule has 0 heterocycles. The summed E-state index contributed by atoms with van der Waals surface area (Å²) in [5, 5.41) is 20.2. The summed E-state index contributed by atoms with van der Waals surface area (Å²) in [4.78, 5) is 23.2. The standard InChI is InChI=1S/C21H34O5/c1-3-4-7-10-16(22)13-14-18-17(19(23)15-20(18)24)11-8-5-6-9-12-21(25)26-2/h5,8,13-14,16-18,20,22,24H,3-4,6-7,9-12,15H2,1-2H3/t16?,17-,18-,20?/m1/s1. The van der Waals surface area contributed by atoms with Crippen molar-refractivity contribution in [3.8, 4) is 0 Å². The van der Waals surface area contributed by atoms with Gasteiger partial charge in [0.2, 0.25) is 0 Å². The highest BCUT2D eigenvalue weighted by Gasteiger charge is 2.39. The predicted molar refractivity (Wildman–Crippen MR) is 102 cm³/mol. The number of hydrogen-bond acceptors (Lipinski definition) is 5. The van der Waals surface area contributed by atoms with Crippen molar-refractivity contribution in [1.82, 2.24) is 0 Å². The summed E-state index contributed by atoms with van der Waals surface area (Å²) in [5.41, 5.74) is 0. The van der Waals surface area contributed by atoms with Crippen molar-refractivity contribution in [2.24, 2.45) is 11.8 Å². The zero-order chi connectivity index (χ0) is 19.4. The van der Waals surface area contributed by atoms with Gasteiger partial charge in [-0.2, -0.15) is 0 Å². The van der Waals surface area contributed by atoms with Gasteiger partial charge in [-0.3, -0.25) is 9.59 Å². The number of esters is 1. The maximum Gasteiger partial charge on any atom is 0.305 e. The number of ketones is 1. The van der Waals surface area contributed by atoms with E-state index in [-0.39, 0.29) is 30.0 Å². The number of aliphatic hydroxyl groups is 2. The topological polar surface area (TPSA) is 83.8 Å². The van der Waals surface area contributed by atoms with Gasteiger partial charge in [-0.05, 0) is 25.7 Å². The van der Waals surface area contributed by atoms with E-state index in [9.17, 15) is 19.8 Å². The van der Waals surface area contributed by atoms with Crippen LogP contribution in [0.1, 0.15) is 64.7 Å². The van der Waals surface area contributed by atoms with E-state index in [2.05, 4.69) is 11.7 Å². The van der Waals surface area contributed by atoms with E-state index >= 15 is 0 Å². The van der Waals surface area contributed by atoms with Crippen molar-refractivity contribution in [1.29, 1.82) is 0 Å². The van der Waals surface area contributed by atoms with E-state index in [0.717, 1.165) is 32.1 Å². The molecule has 1 aliphatic carbocycles. The number of carbonyl (C=O) groups excluding carboxylic acids is 2. The molecule has 4 atom stereocenters. The van der Waals surface area contributed by atoms with Crippen LogP contribution in [0.5, 0.6) is 0 Å². The molecule has 1 rings (SSSR count). The van der Waals surface area contributed by atoms with Crippen LogP contribution >= 0.6 is 0 Å². The minimum absolute atomic E-state index is 0.0758. The number of carbonyl (C=O) groups is 2. The summed E-state index contributed by atoms with van der Waals surface area (Å²) >= 11 is 0. The number of unbranched alkanes of at least 4 members (excludes halogenated alkanes) is 3. The summed E-state index contributed by atoms with van der Waals surface area (Å²) in [7, 11) is 1.38. The molecule has 5 heteroatoms. The average molecular weight is 366 g/mol. The molecule has 2 N–H and O–H groups in total. The smallest absolute Gasteiger partial charge is 0.305 e. The number of aliphatic hydroxyl groups excluding tert-OH is 2. The Bertz CT molecular complexity index is 483. The molecule has 0 aromatic carbocycles. The molecule has 1 aliphatic rings. The van der Waals surface area contributed by atoms with E-state index in [1.807, 2.05) is 18.2 Å². The first-order chi connectivity index (χ1) is 12.5. The highest BCUT2D eigenvalue weighted by Crippen LogP contribution is 2.33. The molecule has 0 aromatic heterocycles. The van der Waals surface area contributed by atoms with Crippen molar-refractivity contribution in [3.63, 3.8) is 0 Å². The molecule has 2 unspecified atom stereocenters. The largest absolute Gasteiger partial charge is 0.469 e. The Morgan fingerprint density at radius 1 is 1.31 bits per heavy atom. The van der Waals surface area contributed by atoms with Crippen molar-refractivity contribution in [2.45, 2.75) is 76.9 Å².